The van der Waals surface area contributed by atoms with Crippen molar-refractivity contribution in [3.63, 3.8) is 0 Å². The minimum Gasteiger partial charge on any atom is -0.457 e. The molecule has 1 fully saturated rings. The fraction of sp³-hybridized carbons (Fsp3) is 0.0526. The van der Waals surface area contributed by atoms with E-state index in [2.05, 4.69) is 10.6 Å². The van der Waals surface area contributed by atoms with E-state index in [1.807, 2.05) is 0 Å². The molecule has 4 amide bonds. The summed E-state index contributed by atoms with van der Waals surface area (Å²) in [5.41, 5.74) is 1.06. The summed E-state index contributed by atoms with van der Waals surface area (Å²) in [6.07, 6.45) is 1.25. The zero-order valence-corrected chi connectivity index (χ0v) is 27.2. The molecule has 11 heteroatoms. The second-order valence-corrected chi connectivity index (χ2v) is 12.5. The van der Waals surface area contributed by atoms with Crippen molar-refractivity contribution in [2.75, 3.05) is 10.2 Å². The van der Waals surface area contributed by atoms with Gasteiger partial charge in [0, 0.05) is 33.2 Å². The Balaban J connectivity index is 1.14. The van der Waals surface area contributed by atoms with Crippen LogP contribution in [0.5, 0.6) is 11.5 Å². The van der Waals surface area contributed by atoms with E-state index in [-0.39, 0.29) is 29.5 Å². The van der Waals surface area contributed by atoms with Gasteiger partial charge >= 0.3 is 0 Å². The number of amides is 4. The number of anilines is 2. The van der Waals surface area contributed by atoms with Gasteiger partial charge in [0.05, 0.1) is 10.9 Å². The number of hydrogen-bond acceptors (Lipinski definition) is 6. The smallest absolute Gasteiger partial charge is 0.272 e. The van der Waals surface area contributed by atoms with Crippen LogP contribution in [0.4, 0.5) is 15.8 Å². The van der Waals surface area contributed by atoms with Crippen LogP contribution < -0.4 is 20.3 Å². The van der Waals surface area contributed by atoms with Crippen molar-refractivity contribution in [1.82, 2.24) is 5.32 Å². The van der Waals surface area contributed by atoms with E-state index in [1.54, 1.807) is 109 Å². The van der Waals surface area contributed by atoms with Gasteiger partial charge in [0.15, 0.2) is 0 Å². The molecule has 0 saturated carbocycles. The minimum atomic E-state index is -0.690. The van der Waals surface area contributed by atoms with Gasteiger partial charge in [0.1, 0.15) is 23.0 Å². The monoisotopic (exact) mass is 691 g/mol. The number of ether oxygens (including phenoxy) is 1. The zero-order valence-electron chi connectivity index (χ0n) is 25.6. The highest BCUT2D eigenvalue weighted by molar-refractivity contribution is 8.00. The molecule has 2 N–H and O–H groups in total. The lowest BCUT2D eigenvalue weighted by Gasteiger charge is -2.16. The van der Waals surface area contributed by atoms with E-state index >= 15 is 0 Å². The molecule has 0 aliphatic carbocycles. The third kappa shape index (κ3) is 8.24. The molecule has 0 spiro atoms. The quantitative estimate of drug-likeness (QED) is 0.113. The molecule has 1 atom stereocenters. The van der Waals surface area contributed by atoms with Gasteiger partial charge in [0.2, 0.25) is 11.8 Å². The van der Waals surface area contributed by atoms with Crippen LogP contribution in [0.25, 0.3) is 6.08 Å². The molecule has 0 bridgehead atoms. The number of nitrogens with one attached hydrogen (secondary N) is 2. The first-order valence-corrected chi connectivity index (χ1v) is 16.3. The Labute approximate surface area is 290 Å². The summed E-state index contributed by atoms with van der Waals surface area (Å²) in [5, 5.41) is 5.23. The fourth-order valence-electron chi connectivity index (χ4n) is 4.97. The lowest BCUT2D eigenvalue weighted by Crippen LogP contribution is -2.31. The van der Waals surface area contributed by atoms with Crippen molar-refractivity contribution in [2.45, 2.75) is 16.6 Å². The Morgan fingerprint density at radius 2 is 1.51 bits per heavy atom. The number of carbonyl (C=O) groups excluding carboxylic acids is 4. The summed E-state index contributed by atoms with van der Waals surface area (Å²) < 4.78 is 20.3. The lowest BCUT2D eigenvalue weighted by molar-refractivity contribution is -0.121. The van der Waals surface area contributed by atoms with Gasteiger partial charge in [-0.3, -0.25) is 19.2 Å². The first-order valence-electron chi connectivity index (χ1n) is 15.0. The number of benzene rings is 5. The number of carbonyl (C=O) groups is 4. The number of imide groups is 1. The van der Waals surface area contributed by atoms with Crippen LogP contribution in [0.1, 0.15) is 22.3 Å². The van der Waals surface area contributed by atoms with Crippen LogP contribution in [0.2, 0.25) is 5.02 Å². The third-order valence-electron chi connectivity index (χ3n) is 7.35. The van der Waals surface area contributed by atoms with Crippen molar-refractivity contribution in [1.29, 1.82) is 0 Å². The molecule has 1 saturated heterocycles. The predicted molar refractivity (Wildman–Crippen MR) is 188 cm³/mol. The van der Waals surface area contributed by atoms with Crippen molar-refractivity contribution >= 4 is 64.4 Å². The maximum atomic E-state index is 14.5. The Morgan fingerprint density at radius 1 is 0.837 bits per heavy atom. The Kier molecular flexibility index (Phi) is 10.2. The fourth-order valence-corrected chi connectivity index (χ4v) is 6.21. The highest BCUT2D eigenvalue weighted by Crippen LogP contribution is 2.36. The summed E-state index contributed by atoms with van der Waals surface area (Å²) in [5.74, 6) is -1.37. The standard InChI is InChI=1S/C38H27ClFN3O5S/c39-26-13-17-29(18-14-26)48-30-19-15-28(16-20-30)43-35(44)23-34(38(43)47)49-31-11-6-10-27(22-31)41-37(46)33(21-25-9-4-5-12-32(25)40)42-36(45)24-7-2-1-3-8-24/h1-22,34H,23H2,(H,41,46)(H,42,45)/b33-21-/t34-/m0/s1. The molecular formula is C38H27ClFN3O5S. The molecule has 6 rings (SSSR count). The van der Waals surface area contributed by atoms with Gasteiger partial charge in [0.25, 0.3) is 11.8 Å². The molecule has 5 aromatic rings. The average molecular weight is 692 g/mol. The zero-order chi connectivity index (χ0) is 34.3. The molecule has 0 radical (unpaired) electrons. The summed E-state index contributed by atoms with van der Waals surface area (Å²) >= 11 is 7.13. The van der Waals surface area contributed by atoms with Crippen molar-refractivity contribution in [3.8, 4) is 11.5 Å². The van der Waals surface area contributed by atoms with E-state index < -0.39 is 22.9 Å². The normalized spacial score (nSPS) is 14.4. The lowest BCUT2D eigenvalue weighted by atomic mass is 10.1. The molecule has 0 unspecified atom stereocenters. The van der Waals surface area contributed by atoms with E-state index in [0.29, 0.717) is 38.4 Å². The summed E-state index contributed by atoms with van der Waals surface area (Å²) in [6.45, 7) is 0. The molecule has 5 aromatic carbocycles. The van der Waals surface area contributed by atoms with Crippen molar-refractivity contribution < 1.29 is 28.3 Å². The molecule has 1 aliphatic rings. The highest BCUT2D eigenvalue weighted by Gasteiger charge is 2.40. The highest BCUT2D eigenvalue weighted by atomic mass is 35.5. The van der Waals surface area contributed by atoms with Crippen LogP contribution in [0.15, 0.2) is 138 Å². The van der Waals surface area contributed by atoms with Gasteiger partial charge in [-0.15, -0.1) is 11.8 Å². The Morgan fingerprint density at radius 3 is 2.22 bits per heavy atom. The molecule has 1 heterocycles. The van der Waals surface area contributed by atoms with Crippen LogP contribution in [0, 0.1) is 5.82 Å². The van der Waals surface area contributed by atoms with Gasteiger partial charge in [-0.25, -0.2) is 9.29 Å². The predicted octanol–water partition coefficient (Wildman–Crippen LogP) is 8.11. The maximum absolute atomic E-state index is 14.5. The first-order chi connectivity index (χ1) is 23.7. The van der Waals surface area contributed by atoms with Crippen LogP contribution in [0.3, 0.4) is 0 Å². The molecule has 8 nitrogen and oxygen atoms in total. The average Bonchev–Trinajstić information content (AvgIpc) is 3.38. The molecule has 244 valence electrons. The van der Waals surface area contributed by atoms with E-state index in [9.17, 15) is 23.6 Å². The molecule has 1 aliphatic heterocycles. The van der Waals surface area contributed by atoms with Crippen molar-refractivity contribution in [3.05, 3.63) is 155 Å². The molecule has 0 aromatic heterocycles. The topological polar surface area (TPSA) is 105 Å². The maximum Gasteiger partial charge on any atom is 0.272 e. The second-order valence-electron chi connectivity index (χ2n) is 10.8. The Hall–Kier alpha value is -5.71. The first kappa shape index (κ1) is 33.2. The van der Waals surface area contributed by atoms with E-state index in [0.717, 1.165) is 4.90 Å². The van der Waals surface area contributed by atoms with E-state index in [4.69, 9.17) is 16.3 Å². The largest absolute Gasteiger partial charge is 0.457 e. The van der Waals surface area contributed by atoms with Crippen LogP contribution in [-0.4, -0.2) is 28.9 Å². The summed E-state index contributed by atoms with van der Waals surface area (Å²) in [7, 11) is 0. The van der Waals surface area contributed by atoms with Gasteiger partial charge in [-0.2, -0.15) is 0 Å². The molecular weight excluding hydrogens is 665 g/mol. The minimum absolute atomic E-state index is 0.00977. The SMILES string of the molecule is O=C(Nc1cccc(S[C@H]2CC(=O)N(c3ccc(Oc4ccc(Cl)cc4)cc3)C2=O)c1)/C(=C/c1ccccc1F)NC(=O)c1ccccc1. The van der Waals surface area contributed by atoms with E-state index in [1.165, 1.54) is 36.0 Å². The summed E-state index contributed by atoms with van der Waals surface area (Å²) in [6, 6.07) is 34.5. The number of nitrogens with zero attached hydrogens (tertiary/aromatic N) is 1. The number of halogens is 2. The van der Waals surface area contributed by atoms with Crippen molar-refractivity contribution in [2.24, 2.45) is 0 Å². The van der Waals surface area contributed by atoms with Crippen LogP contribution >= 0.6 is 23.4 Å². The Bertz CT molecular complexity index is 2060. The second kappa shape index (κ2) is 15.0. The van der Waals surface area contributed by atoms with Gasteiger partial charge in [-0.05, 0) is 91.0 Å². The number of rotatable bonds is 10. The third-order valence-corrected chi connectivity index (χ3v) is 8.78. The number of hydrogen-bond donors (Lipinski definition) is 2. The van der Waals surface area contributed by atoms with Crippen LogP contribution in [-0.2, 0) is 14.4 Å². The summed E-state index contributed by atoms with van der Waals surface area (Å²) in [4.78, 5) is 54.5. The van der Waals surface area contributed by atoms with Gasteiger partial charge in [-0.1, -0.05) is 54.1 Å². The molecule has 49 heavy (non-hydrogen) atoms. The number of thioether (sulfide) groups is 1. The van der Waals surface area contributed by atoms with Gasteiger partial charge < -0.3 is 15.4 Å².